The van der Waals surface area contributed by atoms with Crippen molar-refractivity contribution in [1.29, 1.82) is 0 Å². The van der Waals surface area contributed by atoms with E-state index in [2.05, 4.69) is 10.3 Å². The van der Waals surface area contributed by atoms with E-state index in [0.717, 1.165) is 6.07 Å². The number of nitrogens with one attached hydrogen (secondary N) is 2. The Morgan fingerprint density at radius 3 is 2.67 bits per heavy atom. The second-order valence-corrected chi connectivity index (χ2v) is 3.56. The van der Waals surface area contributed by atoms with E-state index in [1.807, 2.05) is 0 Å². The van der Waals surface area contributed by atoms with Crippen LogP contribution in [-0.2, 0) is 0 Å². The molecule has 5 nitrogen and oxygen atoms in total. The van der Waals surface area contributed by atoms with Crippen molar-refractivity contribution in [1.82, 2.24) is 4.98 Å². The van der Waals surface area contributed by atoms with E-state index >= 15 is 0 Å². The van der Waals surface area contributed by atoms with E-state index < -0.39 is 11.7 Å². The number of anilines is 1. The fourth-order valence-electron chi connectivity index (χ4n) is 1.35. The number of hydrogen-bond acceptors (Lipinski definition) is 3. The zero-order valence-electron chi connectivity index (χ0n) is 9.11. The quantitative estimate of drug-likeness (QED) is 0.704. The number of hydrogen-bond donors (Lipinski definition) is 3. The summed E-state index contributed by atoms with van der Waals surface area (Å²) in [7, 11) is 0. The van der Waals surface area contributed by atoms with Gasteiger partial charge < -0.3 is 15.4 Å². The summed E-state index contributed by atoms with van der Waals surface area (Å²) < 4.78 is 13.4. The Morgan fingerprint density at radius 1 is 1.28 bits per heavy atom. The van der Waals surface area contributed by atoms with Crippen LogP contribution in [0, 0.1) is 5.82 Å². The molecule has 1 aromatic heterocycles. The molecule has 2 aromatic rings. The van der Waals surface area contributed by atoms with Crippen molar-refractivity contribution in [2.75, 3.05) is 5.32 Å². The molecular formula is C12H9FN2O3. The summed E-state index contributed by atoms with van der Waals surface area (Å²) in [6, 6.07) is 5.91. The number of aromatic hydroxyl groups is 1. The van der Waals surface area contributed by atoms with Crippen molar-refractivity contribution in [3.05, 3.63) is 58.3 Å². The summed E-state index contributed by atoms with van der Waals surface area (Å²) in [6.07, 6.45) is 1.23. The number of carbonyl (C=O) groups is 1. The van der Waals surface area contributed by atoms with Gasteiger partial charge in [0, 0.05) is 18.3 Å². The molecule has 3 N–H and O–H groups in total. The maximum absolute atomic E-state index is 13.4. The average molecular weight is 248 g/mol. The van der Waals surface area contributed by atoms with E-state index in [4.69, 9.17) is 5.11 Å². The van der Waals surface area contributed by atoms with Gasteiger partial charge in [-0.05, 0) is 18.2 Å². The Labute approximate surface area is 101 Å². The molecule has 0 aliphatic carbocycles. The maximum atomic E-state index is 13.4. The van der Waals surface area contributed by atoms with E-state index in [-0.39, 0.29) is 22.6 Å². The first-order valence-electron chi connectivity index (χ1n) is 5.05. The Morgan fingerprint density at radius 2 is 2.06 bits per heavy atom. The topological polar surface area (TPSA) is 82.2 Å². The van der Waals surface area contributed by atoms with Crippen molar-refractivity contribution in [2.45, 2.75) is 0 Å². The van der Waals surface area contributed by atoms with Crippen LogP contribution < -0.4 is 10.9 Å². The molecule has 0 atom stereocenters. The predicted molar refractivity (Wildman–Crippen MR) is 63.1 cm³/mol. The van der Waals surface area contributed by atoms with E-state index in [1.165, 1.54) is 30.5 Å². The molecule has 0 aliphatic heterocycles. The smallest absolute Gasteiger partial charge is 0.257 e. The first kappa shape index (κ1) is 11.8. The second-order valence-electron chi connectivity index (χ2n) is 3.56. The van der Waals surface area contributed by atoms with Crippen molar-refractivity contribution in [2.24, 2.45) is 0 Å². The minimum absolute atomic E-state index is 0.0519. The number of phenols is 1. The van der Waals surface area contributed by atoms with Gasteiger partial charge in [0.15, 0.2) is 0 Å². The van der Waals surface area contributed by atoms with Crippen LogP contribution in [0.25, 0.3) is 0 Å². The molecule has 0 spiro atoms. The molecule has 1 aromatic carbocycles. The number of phenolic OH excluding ortho intramolecular Hbond substituents is 1. The minimum atomic E-state index is -0.743. The number of rotatable bonds is 2. The fraction of sp³-hybridized carbons (Fsp3) is 0. The Balaban J connectivity index is 2.21. The lowest BCUT2D eigenvalue weighted by atomic mass is 10.2. The van der Waals surface area contributed by atoms with E-state index in [1.54, 1.807) is 0 Å². The van der Waals surface area contributed by atoms with Crippen LogP contribution in [0.4, 0.5) is 10.1 Å². The monoisotopic (exact) mass is 248 g/mol. The largest absolute Gasteiger partial charge is 0.508 e. The Bertz CT molecular complexity index is 632. The highest BCUT2D eigenvalue weighted by Crippen LogP contribution is 2.19. The zero-order chi connectivity index (χ0) is 13.1. The summed E-state index contributed by atoms with van der Waals surface area (Å²) in [5.41, 5.74) is -0.187. The first-order valence-corrected chi connectivity index (χ1v) is 5.05. The molecule has 2 rings (SSSR count). The van der Waals surface area contributed by atoms with Crippen molar-refractivity contribution in [3.8, 4) is 5.75 Å². The summed E-state index contributed by atoms with van der Waals surface area (Å²) >= 11 is 0. The molecule has 0 saturated carbocycles. The van der Waals surface area contributed by atoms with E-state index in [9.17, 15) is 14.0 Å². The Hall–Kier alpha value is -2.63. The van der Waals surface area contributed by atoms with Crippen molar-refractivity contribution >= 4 is 11.6 Å². The van der Waals surface area contributed by atoms with Crippen LogP contribution in [0.1, 0.15) is 10.4 Å². The lowest BCUT2D eigenvalue weighted by Crippen LogP contribution is -2.15. The summed E-state index contributed by atoms with van der Waals surface area (Å²) in [4.78, 5) is 24.9. The number of pyridine rings is 1. The van der Waals surface area contributed by atoms with Gasteiger partial charge in [-0.15, -0.1) is 0 Å². The lowest BCUT2D eigenvalue weighted by molar-refractivity contribution is 0.102. The van der Waals surface area contributed by atoms with Crippen LogP contribution in [-0.4, -0.2) is 16.0 Å². The van der Waals surface area contributed by atoms with Crippen LogP contribution in [0.3, 0.4) is 0 Å². The molecule has 0 bridgehead atoms. The fourth-order valence-corrected chi connectivity index (χ4v) is 1.35. The molecule has 0 radical (unpaired) electrons. The summed E-state index contributed by atoms with van der Waals surface area (Å²) in [5.74, 6) is -1.53. The molecule has 0 unspecified atom stereocenters. The number of amides is 1. The number of aromatic nitrogens is 1. The average Bonchev–Trinajstić information content (AvgIpc) is 2.33. The molecule has 0 fully saturated rings. The van der Waals surface area contributed by atoms with Crippen molar-refractivity contribution < 1.29 is 14.3 Å². The third kappa shape index (κ3) is 2.54. The van der Waals surface area contributed by atoms with Gasteiger partial charge in [0.25, 0.3) is 5.91 Å². The number of aromatic amines is 1. The van der Waals surface area contributed by atoms with Gasteiger partial charge in [-0.2, -0.15) is 0 Å². The van der Waals surface area contributed by atoms with Gasteiger partial charge in [-0.25, -0.2) is 4.39 Å². The zero-order valence-corrected chi connectivity index (χ0v) is 9.11. The van der Waals surface area contributed by atoms with Crippen molar-refractivity contribution in [3.63, 3.8) is 0 Å². The molecule has 0 aliphatic rings. The van der Waals surface area contributed by atoms with Gasteiger partial charge in [-0.3, -0.25) is 9.59 Å². The third-order valence-electron chi connectivity index (χ3n) is 2.25. The third-order valence-corrected chi connectivity index (χ3v) is 2.25. The van der Waals surface area contributed by atoms with Gasteiger partial charge in [0.05, 0.1) is 11.3 Å². The standard InChI is InChI=1S/C12H9FN2O3/c13-9-5-8(16)2-3-10(9)15-12(18)7-1-4-11(17)14-6-7/h1-6,16H,(H,14,17)(H,15,18). The van der Waals surface area contributed by atoms with Crippen LogP contribution >= 0.6 is 0 Å². The summed E-state index contributed by atoms with van der Waals surface area (Å²) in [6.45, 7) is 0. The molecule has 1 heterocycles. The van der Waals surface area contributed by atoms with Gasteiger partial charge in [0.1, 0.15) is 11.6 Å². The maximum Gasteiger partial charge on any atom is 0.257 e. The first-order chi connectivity index (χ1) is 8.56. The predicted octanol–water partition coefficient (Wildman–Crippen LogP) is 1.47. The minimum Gasteiger partial charge on any atom is -0.508 e. The van der Waals surface area contributed by atoms with Gasteiger partial charge >= 0.3 is 0 Å². The van der Waals surface area contributed by atoms with Crippen LogP contribution in [0.15, 0.2) is 41.3 Å². The molecule has 1 amide bonds. The molecular weight excluding hydrogens is 239 g/mol. The SMILES string of the molecule is O=C(Nc1ccc(O)cc1F)c1ccc(=O)[nH]c1. The van der Waals surface area contributed by atoms with Gasteiger partial charge in [-0.1, -0.05) is 0 Å². The molecule has 6 heteroatoms. The van der Waals surface area contributed by atoms with Crippen LogP contribution in [0.2, 0.25) is 0 Å². The number of carbonyl (C=O) groups excluding carboxylic acids is 1. The Kier molecular flexibility index (Phi) is 3.09. The normalized spacial score (nSPS) is 10.1. The highest BCUT2D eigenvalue weighted by atomic mass is 19.1. The number of halogens is 1. The number of benzene rings is 1. The summed E-state index contributed by atoms with van der Waals surface area (Å²) in [5, 5.41) is 11.4. The molecule has 18 heavy (non-hydrogen) atoms. The highest BCUT2D eigenvalue weighted by Gasteiger charge is 2.09. The van der Waals surface area contributed by atoms with Crippen LogP contribution in [0.5, 0.6) is 5.75 Å². The lowest BCUT2D eigenvalue weighted by Gasteiger charge is -2.06. The van der Waals surface area contributed by atoms with E-state index in [0.29, 0.717) is 0 Å². The molecule has 0 saturated heterocycles. The highest BCUT2D eigenvalue weighted by molar-refractivity contribution is 6.04. The number of H-pyrrole nitrogens is 1. The molecule has 92 valence electrons. The second kappa shape index (κ2) is 4.70. The van der Waals surface area contributed by atoms with Gasteiger partial charge in [0.2, 0.25) is 5.56 Å².